The number of aromatic nitrogens is 2. The number of hydrogen-bond acceptors (Lipinski definition) is 6. The Bertz CT molecular complexity index is 864. The van der Waals surface area contributed by atoms with Crippen LogP contribution in [0.2, 0.25) is 0 Å². The molecule has 0 aliphatic heterocycles. The standard InChI is InChI=1S/C21H24N4O2/c1-15-4-6-17(7-5-15)24-20-14-16(2)23-21(25-20)22-12-13-27-19-10-8-18(26-3)9-11-19/h4-11,14H,12-13H2,1-3H3,(H2,22,23,24,25). The Hall–Kier alpha value is -3.28. The van der Waals surface area contributed by atoms with Gasteiger partial charge in [-0.1, -0.05) is 17.7 Å². The highest BCUT2D eigenvalue weighted by Crippen LogP contribution is 2.18. The lowest BCUT2D eigenvalue weighted by molar-refractivity contribution is 0.331. The van der Waals surface area contributed by atoms with Gasteiger partial charge >= 0.3 is 0 Å². The Morgan fingerprint density at radius 2 is 1.59 bits per heavy atom. The van der Waals surface area contributed by atoms with Gasteiger partial charge in [0, 0.05) is 17.4 Å². The van der Waals surface area contributed by atoms with Gasteiger partial charge in [-0.15, -0.1) is 0 Å². The molecule has 0 unspecified atom stereocenters. The van der Waals surface area contributed by atoms with Crippen molar-refractivity contribution in [2.45, 2.75) is 13.8 Å². The number of ether oxygens (including phenoxy) is 2. The van der Waals surface area contributed by atoms with Crippen molar-refractivity contribution in [3.05, 3.63) is 65.9 Å². The summed E-state index contributed by atoms with van der Waals surface area (Å²) in [6, 6.07) is 17.6. The number of anilines is 3. The third-order valence-electron chi connectivity index (χ3n) is 3.89. The summed E-state index contributed by atoms with van der Waals surface area (Å²) in [5.74, 6) is 2.93. The van der Waals surface area contributed by atoms with Crippen LogP contribution >= 0.6 is 0 Å². The average molecular weight is 364 g/mol. The largest absolute Gasteiger partial charge is 0.497 e. The molecule has 0 saturated carbocycles. The molecular weight excluding hydrogens is 340 g/mol. The molecule has 0 atom stereocenters. The summed E-state index contributed by atoms with van der Waals surface area (Å²) in [6.45, 7) is 5.11. The Balaban J connectivity index is 1.53. The number of rotatable bonds is 8. The van der Waals surface area contributed by atoms with Crippen LogP contribution in [0.3, 0.4) is 0 Å². The van der Waals surface area contributed by atoms with E-state index in [1.807, 2.05) is 49.4 Å². The maximum Gasteiger partial charge on any atom is 0.224 e. The summed E-state index contributed by atoms with van der Waals surface area (Å²) in [5, 5.41) is 6.51. The zero-order chi connectivity index (χ0) is 19.1. The first-order chi connectivity index (χ1) is 13.1. The van der Waals surface area contributed by atoms with Gasteiger partial charge in [-0.25, -0.2) is 4.98 Å². The summed E-state index contributed by atoms with van der Waals surface area (Å²) in [6.07, 6.45) is 0. The quantitative estimate of drug-likeness (QED) is 0.580. The topological polar surface area (TPSA) is 68.3 Å². The fourth-order valence-electron chi connectivity index (χ4n) is 2.50. The highest BCUT2D eigenvalue weighted by molar-refractivity contribution is 5.57. The van der Waals surface area contributed by atoms with E-state index < -0.39 is 0 Å². The number of nitrogens with zero attached hydrogens (tertiary/aromatic N) is 2. The molecule has 2 N–H and O–H groups in total. The second kappa shape index (κ2) is 8.89. The SMILES string of the molecule is COc1ccc(OCCNc2nc(C)cc(Nc3ccc(C)cc3)n2)cc1. The summed E-state index contributed by atoms with van der Waals surface area (Å²) < 4.78 is 10.8. The van der Waals surface area contributed by atoms with Gasteiger partial charge in [0.1, 0.15) is 23.9 Å². The molecule has 6 heteroatoms. The van der Waals surface area contributed by atoms with Crippen LogP contribution in [-0.2, 0) is 0 Å². The van der Waals surface area contributed by atoms with E-state index in [-0.39, 0.29) is 0 Å². The smallest absolute Gasteiger partial charge is 0.224 e. The molecule has 0 fully saturated rings. The number of hydrogen-bond donors (Lipinski definition) is 2. The zero-order valence-electron chi connectivity index (χ0n) is 15.8. The molecule has 0 aliphatic rings. The predicted octanol–water partition coefficient (Wildman–Crippen LogP) is 4.34. The van der Waals surface area contributed by atoms with Crippen LogP contribution in [0.15, 0.2) is 54.6 Å². The fourth-order valence-corrected chi connectivity index (χ4v) is 2.50. The number of aryl methyl sites for hydroxylation is 2. The van der Waals surface area contributed by atoms with Gasteiger partial charge in [0.2, 0.25) is 5.95 Å². The van der Waals surface area contributed by atoms with Crippen LogP contribution < -0.4 is 20.1 Å². The number of nitrogens with one attached hydrogen (secondary N) is 2. The molecule has 0 bridgehead atoms. The lowest BCUT2D eigenvalue weighted by Gasteiger charge is -2.11. The van der Waals surface area contributed by atoms with Crippen LogP contribution in [0.1, 0.15) is 11.3 Å². The van der Waals surface area contributed by atoms with Crippen molar-refractivity contribution in [3.63, 3.8) is 0 Å². The van der Waals surface area contributed by atoms with E-state index >= 15 is 0 Å². The first kappa shape index (κ1) is 18.5. The molecule has 1 aromatic heterocycles. The van der Waals surface area contributed by atoms with Crippen molar-refractivity contribution in [1.82, 2.24) is 9.97 Å². The fraction of sp³-hybridized carbons (Fsp3) is 0.238. The Morgan fingerprint density at radius 3 is 2.30 bits per heavy atom. The van der Waals surface area contributed by atoms with Gasteiger partial charge < -0.3 is 20.1 Å². The normalized spacial score (nSPS) is 10.3. The Labute approximate surface area is 159 Å². The second-order valence-electron chi connectivity index (χ2n) is 6.16. The van der Waals surface area contributed by atoms with Crippen molar-refractivity contribution < 1.29 is 9.47 Å². The predicted molar refractivity (Wildman–Crippen MR) is 108 cm³/mol. The van der Waals surface area contributed by atoms with Crippen molar-refractivity contribution in [2.75, 3.05) is 30.9 Å². The van der Waals surface area contributed by atoms with Crippen molar-refractivity contribution >= 4 is 17.5 Å². The van der Waals surface area contributed by atoms with E-state index in [1.54, 1.807) is 7.11 Å². The first-order valence-corrected chi connectivity index (χ1v) is 8.82. The maximum absolute atomic E-state index is 5.71. The van der Waals surface area contributed by atoms with E-state index in [0.717, 1.165) is 28.7 Å². The van der Waals surface area contributed by atoms with Gasteiger partial charge in [-0.3, -0.25) is 0 Å². The van der Waals surface area contributed by atoms with Crippen LogP contribution in [0, 0.1) is 13.8 Å². The van der Waals surface area contributed by atoms with Crippen molar-refractivity contribution in [1.29, 1.82) is 0 Å². The molecule has 6 nitrogen and oxygen atoms in total. The van der Waals surface area contributed by atoms with Gasteiger partial charge in [0.15, 0.2) is 0 Å². The van der Waals surface area contributed by atoms with Crippen LogP contribution in [0.4, 0.5) is 17.5 Å². The van der Waals surface area contributed by atoms with Crippen LogP contribution in [-0.4, -0.2) is 30.2 Å². The van der Waals surface area contributed by atoms with Gasteiger partial charge in [0.05, 0.1) is 13.7 Å². The van der Waals surface area contributed by atoms with E-state index in [9.17, 15) is 0 Å². The van der Waals surface area contributed by atoms with Crippen LogP contribution in [0.25, 0.3) is 0 Å². The summed E-state index contributed by atoms with van der Waals surface area (Å²) >= 11 is 0. The zero-order valence-corrected chi connectivity index (χ0v) is 15.8. The van der Waals surface area contributed by atoms with Gasteiger partial charge in [-0.2, -0.15) is 4.98 Å². The van der Waals surface area contributed by atoms with E-state index in [0.29, 0.717) is 19.1 Å². The van der Waals surface area contributed by atoms with Gasteiger partial charge in [-0.05, 0) is 50.2 Å². The van der Waals surface area contributed by atoms with Crippen molar-refractivity contribution in [3.8, 4) is 11.5 Å². The highest BCUT2D eigenvalue weighted by Gasteiger charge is 2.03. The molecule has 0 saturated heterocycles. The van der Waals surface area contributed by atoms with E-state index in [2.05, 4.69) is 39.7 Å². The summed E-state index contributed by atoms with van der Waals surface area (Å²) in [7, 11) is 1.64. The Morgan fingerprint density at radius 1 is 0.889 bits per heavy atom. The third kappa shape index (κ3) is 5.60. The van der Waals surface area contributed by atoms with E-state index in [4.69, 9.17) is 9.47 Å². The molecule has 3 rings (SSSR count). The minimum absolute atomic E-state index is 0.504. The lowest BCUT2D eigenvalue weighted by Crippen LogP contribution is -2.14. The maximum atomic E-state index is 5.71. The second-order valence-corrected chi connectivity index (χ2v) is 6.16. The minimum atomic E-state index is 0.504. The molecule has 140 valence electrons. The molecule has 1 heterocycles. The molecule has 2 aromatic carbocycles. The Kier molecular flexibility index (Phi) is 6.10. The highest BCUT2D eigenvalue weighted by atomic mass is 16.5. The van der Waals surface area contributed by atoms with Crippen LogP contribution in [0.5, 0.6) is 11.5 Å². The molecule has 0 aliphatic carbocycles. The molecule has 0 amide bonds. The monoisotopic (exact) mass is 364 g/mol. The summed E-state index contributed by atoms with van der Waals surface area (Å²) in [4.78, 5) is 8.94. The third-order valence-corrected chi connectivity index (χ3v) is 3.89. The molecule has 0 spiro atoms. The minimum Gasteiger partial charge on any atom is -0.497 e. The number of benzene rings is 2. The summed E-state index contributed by atoms with van der Waals surface area (Å²) in [5.41, 5.74) is 3.10. The van der Waals surface area contributed by atoms with E-state index in [1.165, 1.54) is 5.56 Å². The van der Waals surface area contributed by atoms with Gasteiger partial charge in [0.25, 0.3) is 0 Å². The molecule has 27 heavy (non-hydrogen) atoms. The first-order valence-electron chi connectivity index (χ1n) is 8.82. The average Bonchev–Trinajstić information content (AvgIpc) is 2.67. The van der Waals surface area contributed by atoms with Crippen molar-refractivity contribution in [2.24, 2.45) is 0 Å². The molecule has 0 radical (unpaired) electrons. The lowest BCUT2D eigenvalue weighted by atomic mass is 10.2. The number of methoxy groups -OCH3 is 1. The molecule has 3 aromatic rings. The molecular formula is C21H24N4O2.